The summed E-state index contributed by atoms with van der Waals surface area (Å²) in [5, 5.41) is 14.0. The number of nitrogens with one attached hydrogen (secondary N) is 6. The van der Waals surface area contributed by atoms with Crippen LogP contribution in [-0.2, 0) is 40.4 Å². The maximum absolute atomic E-state index is 14.1. The minimum atomic E-state index is -4.18. The molecule has 0 fully saturated rings. The Hall–Kier alpha value is -5.71. The summed E-state index contributed by atoms with van der Waals surface area (Å²) in [6.07, 6.45) is 7.63. The van der Waals surface area contributed by atoms with Crippen molar-refractivity contribution in [2.75, 3.05) is 13.1 Å². The quantitative estimate of drug-likeness (QED) is 0.0310. The van der Waals surface area contributed by atoms with Crippen LogP contribution in [0.5, 0.6) is 5.75 Å². The molecule has 0 saturated heterocycles. The van der Waals surface area contributed by atoms with Gasteiger partial charge in [-0.15, -0.1) is 13.2 Å². The van der Waals surface area contributed by atoms with Crippen LogP contribution < -0.4 is 41.8 Å². The van der Waals surface area contributed by atoms with E-state index in [2.05, 4.69) is 49.5 Å². The Morgan fingerprint density at radius 3 is 2.15 bits per heavy atom. The number of sulfonamides is 1. The maximum Gasteiger partial charge on any atom is 0.264 e. The van der Waals surface area contributed by atoms with Gasteiger partial charge in [0.1, 0.15) is 35.0 Å². The van der Waals surface area contributed by atoms with Crippen molar-refractivity contribution in [3.05, 3.63) is 83.5 Å². The second-order valence-corrected chi connectivity index (χ2v) is 19.4. The molecule has 0 radical (unpaired) electrons. The Labute approximate surface area is 385 Å². The summed E-state index contributed by atoms with van der Waals surface area (Å²) in [6, 6.07) is 5.34. The number of carbonyl (C=O) groups is 5. The second-order valence-electron chi connectivity index (χ2n) is 17.8. The molecule has 1 heterocycles. The van der Waals surface area contributed by atoms with Gasteiger partial charge in [-0.2, -0.15) is 0 Å². The fourth-order valence-electron chi connectivity index (χ4n) is 7.57. The van der Waals surface area contributed by atoms with Crippen molar-refractivity contribution in [1.29, 1.82) is 0 Å². The largest absolute Gasteiger partial charge is 0.487 e. The summed E-state index contributed by atoms with van der Waals surface area (Å²) in [5.74, 6) is -2.91. The summed E-state index contributed by atoms with van der Waals surface area (Å²) in [7, 11) is -4.18. The second kappa shape index (κ2) is 24.0. The molecule has 2 aromatic rings. The molecule has 4 atom stereocenters. The molecule has 0 aliphatic carbocycles. The van der Waals surface area contributed by atoms with E-state index < -0.39 is 68.8 Å². The van der Waals surface area contributed by atoms with Crippen molar-refractivity contribution in [3.8, 4) is 5.75 Å². The molecule has 0 saturated carbocycles. The van der Waals surface area contributed by atoms with Gasteiger partial charge < -0.3 is 37.1 Å². The molecule has 5 amide bonds. The fourth-order valence-corrected chi connectivity index (χ4v) is 9.10. The van der Waals surface area contributed by atoms with Gasteiger partial charge in [0, 0.05) is 31.0 Å². The van der Waals surface area contributed by atoms with Gasteiger partial charge in [0.15, 0.2) is 0 Å². The number of benzene rings is 2. The number of allylic oxidation sites excluding steroid dienone is 1. The lowest BCUT2D eigenvalue weighted by Gasteiger charge is -2.32. The smallest absolute Gasteiger partial charge is 0.264 e. The first-order valence-electron chi connectivity index (χ1n) is 22.4. The van der Waals surface area contributed by atoms with E-state index in [1.165, 1.54) is 13.0 Å². The number of rotatable bonds is 25. The van der Waals surface area contributed by atoms with Crippen LogP contribution in [0.3, 0.4) is 0 Å². The molecule has 1 aliphatic rings. The van der Waals surface area contributed by atoms with Crippen LogP contribution in [0.25, 0.3) is 0 Å². The number of carbonyl (C=O) groups excluding carboxylic acids is 5. The van der Waals surface area contributed by atoms with E-state index in [4.69, 9.17) is 10.5 Å². The van der Waals surface area contributed by atoms with E-state index in [9.17, 15) is 32.4 Å². The molecule has 0 spiro atoms. The highest BCUT2D eigenvalue weighted by Crippen LogP contribution is 2.43. The van der Waals surface area contributed by atoms with Crippen molar-refractivity contribution >= 4 is 45.5 Å². The summed E-state index contributed by atoms with van der Waals surface area (Å²) in [6.45, 7) is 23.6. The zero-order valence-electron chi connectivity index (χ0n) is 39.7. The number of amides is 5. The van der Waals surface area contributed by atoms with Crippen molar-refractivity contribution in [1.82, 2.24) is 31.3 Å². The number of guanidine groups is 1. The first-order chi connectivity index (χ1) is 30.5. The van der Waals surface area contributed by atoms with E-state index in [0.29, 0.717) is 35.4 Å². The predicted molar refractivity (Wildman–Crippen MR) is 254 cm³/mol. The third-order valence-corrected chi connectivity index (χ3v) is 13.1. The molecule has 16 nitrogen and oxygen atoms in total. The Kier molecular flexibility index (Phi) is 19.8. The third kappa shape index (κ3) is 14.9. The van der Waals surface area contributed by atoms with Gasteiger partial charge in [0.05, 0.1) is 4.90 Å². The highest BCUT2D eigenvalue weighted by Gasteiger charge is 2.39. The van der Waals surface area contributed by atoms with Gasteiger partial charge >= 0.3 is 0 Å². The lowest BCUT2D eigenvalue weighted by atomic mass is 9.94. The third-order valence-electron chi connectivity index (χ3n) is 11.4. The number of hydrogen-bond donors (Lipinski definition) is 7. The zero-order valence-corrected chi connectivity index (χ0v) is 40.6. The molecule has 17 heteroatoms. The van der Waals surface area contributed by atoms with Crippen LogP contribution in [-0.4, -0.2) is 80.2 Å². The minimum absolute atomic E-state index is 0.0265. The van der Waals surface area contributed by atoms with Crippen LogP contribution >= 0.6 is 0 Å². The van der Waals surface area contributed by atoms with Crippen LogP contribution in [0.1, 0.15) is 127 Å². The van der Waals surface area contributed by atoms with Gasteiger partial charge in [-0.1, -0.05) is 69.7 Å². The monoisotopic (exact) mass is 921 g/mol. The Bertz CT molecular complexity index is 2190. The molecule has 1 aliphatic heterocycles. The lowest BCUT2D eigenvalue weighted by Crippen LogP contribution is -2.61. The Morgan fingerprint density at radius 2 is 1.54 bits per heavy atom. The highest BCUT2D eigenvalue weighted by molar-refractivity contribution is 7.90. The summed E-state index contributed by atoms with van der Waals surface area (Å²) in [5.41, 5.74) is 7.35. The molecule has 0 bridgehead atoms. The fraction of sp³-hybridized carbons (Fsp3) is 0.542. The topological polar surface area (TPSA) is 239 Å². The van der Waals surface area contributed by atoms with Gasteiger partial charge in [-0.3, -0.25) is 29.0 Å². The number of hydrogen-bond acceptors (Lipinski definition) is 9. The maximum atomic E-state index is 14.1. The summed E-state index contributed by atoms with van der Waals surface area (Å²) in [4.78, 5) is 72.6. The van der Waals surface area contributed by atoms with Gasteiger partial charge in [-0.05, 0) is 109 Å². The average Bonchev–Trinajstić information content (AvgIpc) is 3.58. The van der Waals surface area contributed by atoms with E-state index in [1.807, 2.05) is 26.8 Å². The van der Waals surface area contributed by atoms with Gasteiger partial charge in [0.25, 0.3) is 10.0 Å². The normalized spacial score (nSPS) is 15.5. The first kappa shape index (κ1) is 53.6. The highest BCUT2D eigenvalue weighted by atomic mass is 32.2. The SMILES string of the molecule is C=CCCCCCNC(=O)[C@H](NC(=O)[C@H](CC)NC(=O)[C@H](CCCN=C(N)NS(=O)(=O)c1c(C)c(C)c2c(c1C)CC(C)(C)O2)NC(=O)C(C)(CC=C)NC(=O)C(C)C)c1ccccc1. The van der Waals surface area contributed by atoms with Gasteiger partial charge in [-0.25, -0.2) is 13.1 Å². The van der Waals surface area contributed by atoms with Crippen molar-refractivity contribution < 1.29 is 37.1 Å². The molecule has 0 aromatic heterocycles. The van der Waals surface area contributed by atoms with Crippen LogP contribution in [0.15, 0.2) is 65.5 Å². The number of aliphatic imine (C=N–C) groups is 1. The van der Waals surface area contributed by atoms with E-state index >= 15 is 0 Å². The molecule has 8 N–H and O–H groups in total. The number of unbranched alkanes of at least 4 members (excludes halogenated alkanes) is 3. The van der Waals surface area contributed by atoms with Crippen LogP contribution in [0.2, 0.25) is 0 Å². The molecule has 2 aromatic carbocycles. The van der Waals surface area contributed by atoms with Crippen LogP contribution in [0, 0.1) is 26.7 Å². The molecule has 1 unspecified atom stereocenters. The molecule has 3 rings (SSSR count). The van der Waals surface area contributed by atoms with Crippen molar-refractivity contribution in [2.45, 2.75) is 154 Å². The Balaban J connectivity index is 1.83. The molecule has 65 heavy (non-hydrogen) atoms. The molecular weight excluding hydrogens is 849 g/mol. The number of nitrogens with two attached hydrogens (primary N) is 1. The standard InChI is InChI=1S/C48H72N8O8S/c1-12-15-16-17-21-27-50-44(60)38(34-23-19-18-20-24-34)54-42(58)36(14-3)52-43(59)37(53-45(61)48(11,26-13-2)55-41(57)30(4)5)25-22-28-51-46(49)56-65(62,63)40-32(7)31(6)39-35(33(40)8)29-47(9,10)64-39/h12-13,18-20,23-24,30,36-38H,1-2,14-17,21-22,25-29H2,3-11H3,(H,50,60)(H,52,59)(H,53,61)(H,54,58)(H,55,57)(H3,49,51,56)/t36-,37-,38+,48?/m0/s1. The Morgan fingerprint density at radius 1 is 0.877 bits per heavy atom. The van der Waals surface area contributed by atoms with Crippen LogP contribution in [0.4, 0.5) is 0 Å². The summed E-state index contributed by atoms with van der Waals surface area (Å²) < 4.78 is 36.1. The predicted octanol–water partition coefficient (Wildman–Crippen LogP) is 4.91. The van der Waals surface area contributed by atoms with Crippen molar-refractivity contribution in [3.63, 3.8) is 0 Å². The lowest BCUT2D eigenvalue weighted by molar-refractivity contribution is -0.137. The van der Waals surface area contributed by atoms with Gasteiger partial charge in [0.2, 0.25) is 35.5 Å². The van der Waals surface area contributed by atoms with E-state index in [-0.39, 0.29) is 49.0 Å². The van der Waals surface area contributed by atoms with E-state index in [0.717, 1.165) is 36.8 Å². The van der Waals surface area contributed by atoms with Crippen molar-refractivity contribution in [2.24, 2.45) is 16.6 Å². The summed E-state index contributed by atoms with van der Waals surface area (Å²) >= 11 is 0. The molecule has 358 valence electrons. The number of fused-ring (bicyclic) bond motifs is 1. The first-order valence-corrected chi connectivity index (χ1v) is 23.9. The zero-order chi connectivity index (χ0) is 48.7. The minimum Gasteiger partial charge on any atom is -0.487 e. The average molecular weight is 921 g/mol. The van der Waals surface area contributed by atoms with E-state index in [1.54, 1.807) is 65.0 Å². The molecular formula is C48H72N8O8S. The number of ether oxygens (including phenoxy) is 1. The number of nitrogens with zero attached hydrogens (tertiary/aromatic N) is 1.